The third-order valence-electron chi connectivity index (χ3n) is 4.38. The molecule has 0 spiro atoms. The summed E-state index contributed by atoms with van der Waals surface area (Å²) in [6.07, 6.45) is 0. The molecule has 1 aliphatic rings. The van der Waals surface area contributed by atoms with Gasteiger partial charge in [-0.15, -0.1) is 0 Å². The highest BCUT2D eigenvalue weighted by Crippen LogP contribution is 2.30. The van der Waals surface area contributed by atoms with E-state index in [1.165, 1.54) is 38.5 Å². The Morgan fingerprint density at radius 1 is 1.11 bits per heavy atom. The Bertz CT molecular complexity index is 1020. The van der Waals surface area contributed by atoms with E-state index in [0.717, 1.165) is 4.31 Å². The quantitative estimate of drug-likeness (QED) is 0.820. The van der Waals surface area contributed by atoms with Crippen LogP contribution in [0.4, 0.5) is 11.4 Å². The van der Waals surface area contributed by atoms with Crippen LogP contribution in [-0.2, 0) is 14.8 Å². The molecule has 0 saturated carbocycles. The monoisotopic (exact) mass is 404 g/mol. The lowest BCUT2D eigenvalue weighted by Gasteiger charge is -2.16. The summed E-state index contributed by atoms with van der Waals surface area (Å²) in [5.74, 6) is -0.676. The van der Waals surface area contributed by atoms with Crippen LogP contribution in [0.1, 0.15) is 17.3 Å². The predicted molar refractivity (Wildman–Crippen MR) is 104 cm³/mol. The van der Waals surface area contributed by atoms with Crippen molar-refractivity contribution in [3.05, 3.63) is 48.0 Å². The Labute approximate surface area is 163 Å². The van der Waals surface area contributed by atoms with Crippen molar-refractivity contribution in [3.63, 3.8) is 0 Å². The molecule has 8 nitrogen and oxygen atoms in total. The van der Waals surface area contributed by atoms with Crippen LogP contribution < -0.4 is 19.1 Å². The van der Waals surface area contributed by atoms with E-state index in [9.17, 15) is 18.0 Å². The smallest absolute Gasteiger partial charge is 0.255 e. The number of amides is 2. The molecule has 1 heterocycles. The second kappa shape index (κ2) is 7.51. The average Bonchev–Trinajstić information content (AvgIpc) is 2.88. The summed E-state index contributed by atoms with van der Waals surface area (Å²) < 4.78 is 35.5. The topological polar surface area (TPSA) is 102 Å². The predicted octanol–water partition coefficient (Wildman–Crippen LogP) is 2.27. The van der Waals surface area contributed by atoms with Gasteiger partial charge in [-0.25, -0.2) is 12.7 Å². The summed E-state index contributed by atoms with van der Waals surface area (Å²) in [7, 11) is -0.683. The van der Waals surface area contributed by atoms with Gasteiger partial charge < -0.3 is 14.8 Å². The lowest BCUT2D eigenvalue weighted by Crippen LogP contribution is -2.30. The molecule has 1 atom stereocenters. The van der Waals surface area contributed by atoms with Crippen molar-refractivity contribution in [2.45, 2.75) is 6.92 Å². The Kier molecular flexibility index (Phi) is 5.28. The molecular weight excluding hydrogens is 384 g/mol. The standard InChI is InChI=1S/C19H20N2O6S/c1-12-11-28(24,25)21(19(12)23)14-6-4-13(5-7-14)18(22)20-16-10-15(26-2)8-9-17(16)27-3/h4-10,12H,11H2,1-3H3,(H,20,22). The third-order valence-corrected chi connectivity index (χ3v) is 6.25. The molecule has 1 N–H and O–H groups in total. The Morgan fingerprint density at radius 2 is 1.79 bits per heavy atom. The fraction of sp³-hybridized carbons (Fsp3) is 0.263. The van der Waals surface area contributed by atoms with Gasteiger partial charge in [0.15, 0.2) is 0 Å². The van der Waals surface area contributed by atoms with Crippen molar-refractivity contribution in [2.24, 2.45) is 5.92 Å². The molecule has 2 aromatic carbocycles. The summed E-state index contributed by atoms with van der Waals surface area (Å²) in [6, 6.07) is 10.8. The van der Waals surface area contributed by atoms with Crippen molar-refractivity contribution in [1.82, 2.24) is 0 Å². The number of ether oxygens (including phenoxy) is 2. The molecule has 2 aromatic rings. The number of nitrogens with one attached hydrogen (secondary N) is 1. The van der Waals surface area contributed by atoms with E-state index in [1.807, 2.05) is 0 Å². The van der Waals surface area contributed by atoms with Crippen LogP contribution in [0.25, 0.3) is 0 Å². The zero-order valence-electron chi connectivity index (χ0n) is 15.6. The molecule has 1 unspecified atom stereocenters. The van der Waals surface area contributed by atoms with Crippen molar-refractivity contribution in [1.29, 1.82) is 0 Å². The SMILES string of the molecule is COc1ccc(OC)c(NC(=O)c2ccc(N3C(=O)C(C)CS3(=O)=O)cc2)c1. The van der Waals surface area contributed by atoms with Crippen LogP contribution in [0.5, 0.6) is 11.5 Å². The second-order valence-corrected chi connectivity index (χ2v) is 8.21. The largest absolute Gasteiger partial charge is 0.497 e. The Balaban J connectivity index is 1.83. The van der Waals surface area contributed by atoms with Crippen LogP contribution in [0.15, 0.2) is 42.5 Å². The van der Waals surface area contributed by atoms with E-state index in [0.29, 0.717) is 22.7 Å². The number of nitrogens with zero attached hydrogens (tertiary/aromatic N) is 1. The van der Waals surface area contributed by atoms with Crippen LogP contribution >= 0.6 is 0 Å². The number of carbonyl (C=O) groups is 2. The van der Waals surface area contributed by atoms with Gasteiger partial charge in [0.05, 0.1) is 37.3 Å². The van der Waals surface area contributed by atoms with Crippen LogP contribution in [-0.4, -0.2) is 40.2 Å². The van der Waals surface area contributed by atoms with Gasteiger partial charge in [-0.3, -0.25) is 9.59 Å². The molecule has 0 radical (unpaired) electrons. The van der Waals surface area contributed by atoms with E-state index >= 15 is 0 Å². The van der Waals surface area contributed by atoms with Crippen molar-refractivity contribution in [2.75, 3.05) is 29.6 Å². The van der Waals surface area contributed by atoms with Crippen LogP contribution in [0, 0.1) is 5.92 Å². The molecule has 0 aliphatic carbocycles. The van der Waals surface area contributed by atoms with Crippen molar-refractivity contribution < 1.29 is 27.5 Å². The van der Waals surface area contributed by atoms with Gasteiger partial charge >= 0.3 is 0 Å². The normalized spacial score (nSPS) is 18.0. The first-order valence-corrected chi connectivity index (χ1v) is 10.1. The summed E-state index contributed by atoms with van der Waals surface area (Å²) >= 11 is 0. The highest BCUT2D eigenvalue weighted by Gasteiger charge is 2.41. The van der Waals surface area contributed by atoms with Crippen LogP contribution in [0.3, 0.4) is 0 Å². The van der Waals surface area contributed by atoms with Gasteiger partial charge in [0.1, 0.15) is 11.5 Å². The first-order valence-electron chi connectivity index (χ1n) is 8.47. The van der Waals surface area contributed by atoms with E-state index in [-0.39, 0.29) is 11.4 Å². The number of hydrogen-bond acceptors (Lipinski definition) is 6. The zero-order valence-corrected chi connectivity index (χ0v) is 16.4. The molecular formula is C19H20N2O6S. The molecule has 2 amide bonds. The highest BCUT2D eigenvalue weighted by atomic mass is 32.2. The van der Waals surface area contributed by atoms with Gasteiger partial charge in [-0.05, 0) is 36.4 Å². The second-order valence-electron chi connectivity index (χ2n) is 6.35. The maximum Gasteiger partial charge on any atom is 0.255 e. The third kappa shape index (κ3) is 3.65. The minimum atomic E-state index is -3.68. The zero-order chi connectivity index (χ0) is 20.5. The number of rotatable bonds is 5. The van der Waals surface area contributed by atoms with Gasteiger partial charge in [-0.2, -0.15) is 0 Å². The fourth-order valence-corrected chi connectivity index (χ4v) is 4.76. The first-order chi connectivity index (χ1) is 13.3. The number of carbonyl (C=O) groups excluding carboxylic acids is 2. The summed E-state index contributed by atoms with van der Waals surface area (Å²) in [4.78, 5) is 24.7. The van der Waals surface area contributed by atoms with E-state index < -0.39 is 27.8 Å². The minimum Gasteiger partial charge on any atom is -0.497 e. The molecule has 1 saturated heterocycles. The average molecular weight is 404 g/mol. The minimum absolute atomic E-state index is 0.213. The first kappa shape index (κ1) is 19.7. The maximum atomic E-state index is 12.6. The molecule has 0 bridgehead atoms. The highest BCUT2D eigenvalue weighted by molar-refractivity contribution is 7.94. The van der Waals surface area contributed by atoms with Crippen molar-refractivity contribution in [3.8, 4) is 11.5 Å². The number of anilines is 2. The molecule has 9 heteroatoms. The lowest BCUT2D eigenvalue weighted by molar-refractivity contribution is -0.119. The molecule has 28 heavy (non-hydrogen) atoms. The summed E-state index contributed by atoms with van der Waals surface area (Å²) in [6.45, 7) is 1.57. The number of sulfonamides is 1. The van der Waals surface area contributed by atoms with E-state index in [4.69, 9.17) is 9.47 Å². The molecule has 148 valence electrons. The number of methoxy groups -OCH3 is 2. The Hall–Kier alpha value is -3.07. The van der Waals surface area contributed by atoms with Crippen molar-refractivity contribution >= 4 is 33.2 Å². The Morgan fingerprint density at radius 3 is 2.32 bits per heavy atom. The lowest BCUT2D eigenvalue weighted by atomic mass is 10.1. The van der Waals surface area contributed by atoms with Gasteiger partial charge in [0, 0.05) is 11.6 Å². The maximum absolute atomic E-state index is 12.6. The van der Waals surface area contributed by atoms with Crippen LogP contribution in [0.2, 0.25) is 0 Å². The van der Waals surface area contributed by atoms with Gasteiger partial charge in [-0.1, -0.05) is 6.92 Å². The van der Waals surface area contributed by atoms with Gasteiger partial charge in [0.2, 0.25) is 15.9 Å². The summed E-state index contributed by atoms with van der Waals surface area (Å²) in [5, 5.41) is 2.73. The van der Waals surface area contributed by atoms with E-state index in [2.05, 4.69) is 5.32 Å². The number of benzene rings is 2. The summed E-state index contributed by atoms with van der Waals surface area (Å²) in [5.41, 5.74) is 0.942. The van der Waals surface area contributed by atoms with Gasteiger partial charge in [0.25, 0.3) is 5.91 Å². The number of hydrogen-bond donors (Lipinski definition) is 1. The molecule has 1 fully saturated rings. The molecule has 1 aliphatic heterocycles. The fourth-order valence-electron chi connectivity index (χ4n) is 2.94. The van der Waals surface area contributed by atoms with E-state index in [1.54, 1.807) is 25.1 Å². The molecule has 3 rings (SSSR count). The molecule has 0 aromatic heterocycles.